The van der Waals surface area contributed by atoms with Crippen molar-refractivity contribution in [2.24, 2.45) is 0 Å². The summed E-state index contributed by atoms with van der Waals surface area (Å²) in [5.74, 6) is 0.609. The zero-order valence-corrected chi connectivity index (χ0v) is 35.0. The molecule has 59 heavy (non-hydrogen) atoms. The smallest absolute Gasteiger partial charge is 0.407 e. The van der Waals surface area contributed by atoms with Crippen LogP contribution >= 0.6 is 11.8 Å². The van der Waals surface area contributed by atoms with E-state index in [1.807, 2.05) is 116 Å². The number of alkyl carbamates (subject to hydrolysis) is 1. The van der Waals surface area contributed by atoms with Crippen LogP contribution in [0.4, 0.5) is 4.79 Å². The minimum Gasteiger partial charge on any atom is -0.444 e. The molecule has 1 saturated heterocycles. The Labute approximate surface area is 353 Å². The first-order chi connectivity index (χ1) is 28.7. The number of thioether (sulfide) groups is 1. The quantitative estimate of drug-likeness (QED) is 0.0818. The van der Waals surface area contributed by atoms with Crippen LogP contribution in [-0.2, 0) is 20.8 Å². The van der Waals surface area contributed by atoms with Crippen LogP contribution in [0.3, 0.4) is 0 Å². The van der Waals surface area contributed by atoms with Gasteiger partial charge in [-0.05, 0) is 72.4 Å². The Morgan fingerprint density at radius 1 is 0.780 bits per heavy atom. The third-order valence-electron chi connectivity index (χ3n) is 10.7. The Morgan fingerprint density at radius 3 is 2.03 bits per heavy atom. The van der Waals surface area contributed by atoms with Crippen molar-refractivity contribution in [1.82, 2.24) is 20.1 Å². The van der Waals surface area contributed by atoms with Crippen molar-refractivity contribution in [3.63, 3.8) is 0 Å². The van der Waals surface area contributed by atoms with Crippen molar-refractivity contribution < 1.29 is 19.1 Å². The molecule has 1 fully saturated rings. The predicted molar refractivity (Wildman–Crippen MR) is 239 cm³/mol. The number of amides is 2. The van der Waals surface area contributed by atoms with Gasteiger partial charge in [0.05, 0.1) is 17.4 Å². The number of carbonyl (C=O) groups is 2. The number of rotatable bonds is 15. The molecular weight excluding hydrogens is 753 g/mol. The molecular formula is C50H54N4O4S. The SMILES string of the molecule is CC(C)(C)OC(=O)N[C@@H](CSC(c1ccccc1)(c1ccccc1)c1ccccc1)CN1CCN(C(=O)c2cccc3ccccc23)C[C@@H]1CCOCc1cccnc1. The van der Waals surface area contributed by atoms with Gasteiger partial charge in [-0.3, -0.25) is 14.7 Å². The van der Waals surface area contributed by atoms with Crippen LogP contribution in [0.25, 0.3) is 10.8 Å². The molecule has 1 aliphatic rings. The fourth-order valence-corrected chi connectivity index (χ4v) is 9.51. The summed E-state index contributed by atoms with van der Waals surface area (Å²) in [6.45, 7) is 8.91. The second-order valence-corrected chi connectivity index (χ2v) is 17.3. The molecule has 0 aliphatic carbocycles. The minimum absolute atomic E-state index is 0.0216. The van der Waals surface area contributed by atoms with Crippen LogP contribution in [0.2, 0.25) is 0 Å². The molecule has 0 radical (unpaired) electrons. The van der Waals surface area contributed by atoms with Crippen molar-refractivity contribution in [2.45, 2.75) is 56.2 Å². The molecule has 1 aliphatic heterocycles. The van der Waals surface area contributed by atoms with Gasteiger partial charge >= 0.3 is 6.09 Å². The Kier molecular flexibility index (Phi) is 13.8. The van der Waals surface area contributed by atoms with Crippen molar-refractivity contribution in [2.75, 3.05) is 38.5 Å². The first-order valence-corrected chi connectivity index (χ1v) is 21.5. The molecule has 5 aromatic carbocycles. The number of hydrogen-bond acceptors (Lipinski definition) is 7. The highest BCUT2D eigenvalue weighted by molar-refractivity contribution is 8.00. The lowest BCUT2D eigenvalue weighted by Crippen LogP contribution is -2.58. The maximum atomic E-state index is 14.3. The summed E-state index contributed by atoms with van der Waals surface area (Å²) in [6.07, 6.45) is 3.83. The Balaban J connectivity index is 1.18. The molecule has 2 amide bonds. The van der Waals surface area contributed by atoms with E-state index in [2.05, 4.69) is 88.0 Å². The summed E-state index contributed by atoms with van der Waals surface area (Å²) in [4.78, 5) is 36.6. The van der Waals surface area contributed by atoms with Gasteiger partial charge in [-0.1, -0.05) is 133 Å². The lowest BCUT2D eigenvalue weighted by atomic mass is 9.84. The molecule has 0 saturated carbocycles. The number of piperazine rings is 1. The Bertz CT molecular complexity index is 2150. The van der Waals surface area contributed by atoms with Gasteiger partial charge in [-0.2, -0.15) is 0 Å². The standard InChI is InChI=1S/C50H54N4O4S/c1-49(2,3)58-48(56)52-43(37-59-50(40-20-7-4-8-21-40,41-22-9-5-10-23-41)42-24-11-6-12-25-42)34-53-30-31-54(35-44(53)28-32-57-36-38-17-16-29-51-33-38)47(55)46-27-15-19-39-18-13-14-26-45(39)46/h4-27,29,33,43-44H,28,30-32,34-37H2,1-3H3,(H,52,56)/t43-,44+/m1/s1. The zero-order chi connectivity index (χ0) is 41.1. The largest absolute Gasteiger partial charge is 0.444 e. The third kappa shape index (κ3) is 10.6. The molecule has 1 N–H and O–H groups in total. The maximum Gasteiger partial charge on any atom is 0.407 e. The monoisotopic (exact) mass is 806 g/mol. The fraction of sp³-hybridized carbons (Fsp3) is 0.300. The van der Waals surface area contributed by atoms with Crippen molar-refractivity contribution >= 4 is 34.5 Å². The average Bonchev–Trinajstić information content (AvgIpc) is 3.26. The molecule has 8 nitrogen and oxygen atoms in total. The van der Waals surface area contributed by atoms with E-state index in [1.54, 1.807) is 6.20 Å². The minimum atomic E-state index is -0.661. The molecule has 0 unspecified atom stereocenters. The first kappa shape index (κ1) is 41.7. The van der Waals surface area contributed by atoms with Crippen molar-refractivity contribution in [1.29, 1.82) is 0 Å². The summed E-state index contributed by atoms with van der Waals surface area (Å²) >= 11 is 1.82. The van der Waals surface area contributed by atoms with Crippen LogP contribution in [0.15, 0.2) is 158 Å². The highest BCUT2D eigenvalue weighted by Gasteiger charge is 2.39. The third-order valence-corrected chi connectivity index (χ3v) is 12.4. The molecule has 6 aromatic rings. The second-order valence-electron chi connectivity index (χ2n) is 16.1. The lowest BCUT2D eigenvalue weighted by molar-refractivity contribution is 0.0277. The van der Waals surface area contributed by atoms with Crippen LogP contribution in [-0.4, -0.2) is 83.0 Å². The number of carbonyl (C=O) groups excluding carboxylic acids is 2. The molecule has 2 atom stereocenters. The van der Waals surface area contributed by atoms with E-state index >= 15 is 0 Å². The number of pyridine rings is 1. The van der Waals surface area contributed by atoms with Gasteiger partial charge in [0.25, 0.3) is 5.91 Å². The molecule has 1 aromatic heterocycles. The van der Waals surface area contributed by atoms with Crippen molar-refractivity contribution in [3.8, 4) is 0 Å². The van der Waals surface area contributed by atoms with Crippen LogP contribution < -0.4 is 5.32 Å². The fourth-order valence-electron chi connectivity index (χ4n) is 7.96. The number of nitrogens with one attached hydrogen (secondary N) is 1. The summed E-state index contributed by atoms with van der Waals surface area (Å²) in [7, 11) is 0. The van der Waals surface area contributed by atoms with Crippen LogP contribution in [0.5, 0.6) is 0 Å². The van der Waals surface area contributed by atoms with E-state index in [4.69, 9.17) is 9.47 Å². The van der Waals surface area contributed by atoms with Crippen LogP contribution in [0.1, 0.15) is 59.8 Å². The maximum absolute atomic E-state index is 14.3. The van der Waals surface area contributed by atoms with Gasteiger partial charge in [0.1, 0.15) is 5.60 Å². The topological polar surface area (TPSA) is 84.0 Å². The highest BCUT2D eigenvalue weighted by atomic mass is 32.2. The van der Waals surface area contributed by atoms with Gasteiger partial charge in [0.2, 0.25) is 0 Å². The van der Waals surface area contributed by atoms with E-state index in [0.29, 0.717) is 57.1 Å². The van der Waals surface area contributed by atoms with E-state index in [9.17, 15) is 9.59 Å². The van der Waals surface area contributed by atoms with Gasteiger partial charge in [0, 0.05) is 62.5 Å². The Morgan fingerprint density at radius 2 is 1.41 bits per heavy atom. The number of benzene rings is 5. The number of aromatic nitrogens is 1. The van der Waals surface area contributed by atoms with E-state index in [1.165, 1.54) is 0 Å². The van der Waals surface area contributed by atoms with Gasteiger partial charge in [-0.25, -0.2) is 4.79 Å². The molecule has 0 spiro atoms. The summed E-state index contributed by atoms with van der Waals surface area (Å²) in [5.41, 5.74) is 4.53. The molecule has 2 heterocycles. The lowest BCUT2D eigenvalue weighted by Gasteiger charge is -2.43. The number of fused-ring (bicyclic) bond motifs is 1. The summed E-state index contributed by atoms with van der Waals surface area (Å²) in [5, 5.41) is 5.29. The number of nitrogens with zero attached hydrogens (tertiary/aromatic N) is 3. The first-order valence-electron chi connectivity index (χ1n) is 20.5. The van der Waals surface area contributed by atoms with Gasteiger partial charge in [0.15, 0.2) is 0 Å². The van der Waals surface area contributed by atoms with E-state index in [0.717, 1.165) is 33.0 Å². The zero-order valence-electron chi connectivity index (χ0n) is 34.2. The molecule has 9 heteroatoms. The number of hydrogen-bond donors (Lipinski definition) is 1. The highest BCUT2D eigenvalue weighted by Crippen LogP contribution is 2.48. The normalized spacial score (nSPS) is 15.4. The molecule has 304 valence electrons. The van der Waals surface area contributed by atoms with Crippen LogP contribution in [0, 0.1) is 0 Å². The Hall–Kier alpha value is -5.48. The molecule has 7 rings (SSSR count). The summed E-state index contributed by atoms with van der Waals surface area (Å²) < 4.78 is 11.5. The van der Waals surface area contributed by atoms with Crippen molar-refractivity contribution in [3.05, 3.63) is 186 Å². The van der Waals surface area contributed by atoms with Gasteiger partial charge in [-0.15, -0.1) is 11.8 Å². The van der Waals surface area contributed by atoms with Gasteiger partial charge < -0.3 is 19.7 Å². The molecule has 0 bridgehead atoms. The summed E-state index contributed by atoms with van der Waals surface area (Å²) in [6, 6.07) is 49.4. The number of ether oxygens (including phenoxy) is 2. The predicted octanol–water partition coefficient (Wildman–Crippen LogP) is 9.59. The average molecular weight is 807 g/mol. The second kappa shape index (κ2) is 19.5. The van der Waals surface area contributed by atoms with E-state index in [-0.39, 0.29) is 18.0 Å². The van der Waals surface area contributed by atoms with E-state index < -0.39 is 16.4 Å².